The number of sulfonamides is 1. The predicted molar refractivity (Wildman–Crippen MR) is 95.6 cm³/mol. The zero-order valence-electron chi connectivity index (χ0n) is 13.1. The minimum absolute atomic E-state index is 0.00512. The summed E-state index contributed by atoms with van der Waals surface area (Å²) < 4.78 is 22.8. The fourth-order valence-corrected chi connectivity index (χ4v) is 3.49. The number of aromatic nitrogens is 2. The number of nitrogens with zero attached hydrogens (tertiary/aromatic N) is 2. The van der Waals surface area contributed by atoms with Gasteiger partial charge in [-0.2, -0.15) is 0 Å². The molecule has 0 radical (unpaired) electrons. The summed E-state index contributed by atoms with van der Waals surface area (Å²) in [6, 6.07) is 9.64. The van der Waals surface area contributed by atoms with Gasteiger partial charge in [-0.1, -0.05) is 23.5 Å². The number of carbonyl (C=O) groups is 1. The van der Waals surface area contributed by atoms with Crippen LogP contribution in [0.15, 0.2) is 53.7 Å². The Kier molecular flexibility index (Phi) is 4.62. The lowest BCUT2D eigenvalue weighted by molar-refractivity contribution is 0.103. The summed E-state index contributed by atoms with van der Waals surface area (Å²) in [6.45, 7) is 1.82. The Labute approximate surface area is 148 Å². The van der Waals surface area contributed by atoms with E-state index in [9.17, 15) is 13.2 Å². The number of nitrogens with two attached hydrogens (primary N) is 1. The van der Waals surface area contributed by atoms with Crippen molar-refractivity contribution >= 4 is 38.0 Å². The van der Waals surface area contributed by atoms with E-state index in [1.807, 2.05) is 13.0 Å². The van der Waals surface area contributed by atoms with Crippen molar-refractivity contribution in [2.24, 2.45) is 5.14 Å². The Balaban J connectivity index is 1.83. The molecule has 0 saturated carbocycles. The van der Waals surface area contributed by atoms with Crippen LogP contribution in [0.3, 0.4) is 0 Å². The van der Waals surface area contributed by atoms with Gasteiger partial charge in [0.05, 0.1) is 16.0 Å². The van der Waals surface area contributed by atoms with Gasteiger partial charge < -0.3 is 5.32 Å². The van der Waals surface area contributed by atoms with Crippen LogP contribution < -0.4 is 10.5 Å². The summed E-state index contributed by atoms with van der Waals surface area (Å²) in [7, 11) is -3.79. The molecule has 0 bridgehead atoms. The van der Waals surface area contributed by atoms with Gasteiger partial charge in [0.15, 0.2) is 5.13 Å². The highest BCUT2D eigenvalue weighted by molar-refractivity contribution is 7.89. The van der Waals surface area contributed by atoms with E-state index in [0.717, 1.165) is 16.9 Å². The van der Waals surface area contributed by atoms with Crippen molar-refractivity contribution in [2.45, 2.75) is 11.8 Å². The van der Waals surface area contributed by atoms with Crippen molar-refractivity contribution in [1.29, 1.82) is 0 Å². The van der Waals surface area contributed by atoms with Crippen molar-refractivity contribution in [3.8, 4) is 0 Å². The molecular weight excluding hydrogens is 360 g/mol. The molecule has 0 fully saturated rings. The lowest BCUT2D eigenvalue weighted by Crippen LogP contribution is -2.12. The van der Waals surface area contributed by atoms with Gasteiger partial charge in [-0.3, -0.25) is 9.78 Å². The van der Waals surface area contributed by atoms with E-state index in [0.29, 0.717) is 21.4 Å². The minimum Gasteiger partial charge on any atom is -0.331 e. The van der Waals surface area contributed by atoms with Crippen molar-refractivity contribution in [3.63, 3.8) is 0 Å². The number of benzene rings is 1. The molecule has 0 atom stereocenters. The molecule has 0 amide bonds. The molecule has 0 aliphatic rings. The first-order valence-electron chi connectivity index (χ1n) is 7.16. The van der Waals surface area contributed by atoms with Gasteiger partial charge in [0, 0.05) is 11.9 Å². The molecule has 1 aromatic carbocycles. The second kappa shape index (κ2) is 6.71. The van der Waals surface area contributed by atoms with Crippen LogP contribution in [0.1, 0.15) is 20.9 Å². The number of anilines is 2. The number of hydrogen-bond acceptors (Lipinski definition) is 7. The molecule has 0 saturated heterocycles. The highest BCUT2D eigenvalue weighted by Crippen LogP contribution is 2.25. The third kappa shape index (κ3) is 3.90. The standard InChI is InChI=1S/C16H14N4O3S2/c1-10-4-3-7-18-14(10)15(21)13-9-19-16(24-13)20-11-5-2-6-12(8-11)25(17,22)23/h2-9H,1H3,(H,19,20)(H2,17,22,23). The smallest absolute Gasteiger partial charge is 0.238 e. The molecule has 2 aromatic heterocycles. The molecule has 0 aliphatic heterocycles. The largest absolute Gasteiger partial charge is 0.331 e. The number of pyridine rings is 1. The Hall–Kier alpha value is -2.62. The average Bonchev–Trinajstić information content (AvgIpc) is 3.03. The molecule has 3 rings (SSSR count). The van der Waals surface area contributed by atoms with Crippen LogP contribution in [0.25, 0.3) is 0 Å². The average molecular weight is 374 g/mol. The number of hydrogen-bond donors (Lipinski definition) is 2. The quantitative estimate of drug-likeness (QED) is 0.663. The molecule has 0 spiro atoms. The van der Waals surface area contributed by atoms with Gasteiger partial charge in [-0.15, -0.1) is 0 Å². The Morgan fingerprint density at radius 2 is 2.00 bits per heavy atom. The normalized spacial score (nSPS) is 11.3. The second-order valence-corrected chi connectivity index (χ2v) is 7.82. The monoisotopic (exact) mass is 374 g/mol. The number of ketones is 1. The van der Waals surface area contributed by atoms with Crippen molar-refractivity contribution in [1.82, 2.24) is 9.97 Å². The van der Waals surface area contributed by atoms with Gasteiger partial charge in [-0.25, -0.2) is 18.5 Å². The molecule has 0 unspecified atom stereocenters. The molecule has 25 heavy (non-hydrogen) atoms. The number of thiazole rings is 1. The molecule has 3 aromatic rings. The number of rotatable bonds is 5. The van der Waals surface area contributed by atoms with Crippen molar-refractivity contribution in [2.75, 3.05) is 5.32 Å². The third-order valence-electron chi connectivity index (χ3n) is 3.37. The summed E-state index contributed by atoms with van der Waals surface area (Å²) in [5.41, 5.74) is 1.68. The SMILES string of the molecule is Cc1cccnc1C(=O)c1cnc(Nc2cccc(S(N)(=O)=O)c2)s1. The molecule has 2 heterocycles. The van der Waals surface area contributed by atoms with Gasteiger partial charge >= 0.3 is 0 Å². The highest BCUT2D eigenvalue weighted by Gasteiger charge is 2.16. The molecular formula is C16H14N4O3S2. The lowest BCUT2D eigenvalue weighted by Gasteiger charge is -2.04. The van der Waals surface area contributed by atoms with Crippen LogP contribution in [0.4, 0.5) is 10.8 Å². The molecule has 3 N–H and O–H groups in total. The van der Waals surface area contributed by atoms with Crippen LogP contribution in [0.5, 0.6) is 0 Å². The van der Waals surface area contributed by atoms with Gasteiger partial charge in [0.1, 0.15) is 5.69 Å². The van der Waals surface area contributed by atoms with E-state index in [4.69, 9.17) is 5.14 Å². The first-order valence-corrected chi connectivity index (χ1v) is 9.53. The van der Waals surface area contributed by atoms with Crippen LogP contribution in [0, 0.1) is 6.92 Å². The molecule has 128 valence electrons. The maximum absolute atomic E-state index is 12.5. The Morgan fingerprint density at radius 1 is 1.20 bits per heavy atom. The lowest BCUT2D eigenvalue weighted by atomic mass is 10.1. The second-order valence-electron chi connectivity index (χ2n) is 5.23. The summed E-state index contributed by atoms with van der Waals surface area (Å²) in [5, 5.41) is 8.56. The first kappa shape index (κ1) is 17.2. The van der Waals surface area contributed by atoms with E-state index in [-0.39, 0.29) is 10.7 Å². The molecule has 7 nitrogen and oxygen atoms in total. The molecule has 0 aliphatic carbocycles. The maximum atomic E-state index is 12.5. The van der Waals surface area contributed by atoms with Crippen molar-refractivity contribution < 1.29 is 13.2 Å². The number of aryl methyl sites for hydroxylation is 1. The number of nitrogens with one attached hydrogen (secondary N) is 1. The minimum atomic E-state index is -3.79. The summed E-state index contributed by atoms with van der Waals surface area (Å²) in [6.07, 6.45) is 3.03. The van der Waals surface area contributed by atoms with Crippen LogP contribution in [0.2, 0.25) is 0 Å². The van der Waals surface area contributed by atoms with E-state index < -0.39 is 10.0 Å². The van der Waals surface area contributed by atoms with Gasteiger partial charge in [0.2, 0.25) is 15.8 Å². The maximum Gasteiger partial charge on any atom is 0.238 e. The van der Waals surface area contributed by atoms with Crippen LogP contribution in [-0.4, -0.2) is 24.2 Å². The fraction of sp³-hybridized carbons (Fsp3) is 0.0625. The predicted octanol–water partition coefficient (Wildman–Crippen LogP) is 2.47. The van der Waals surface area contributed by atoms with Crippen LogP contribution >= 0.6 is 11.3 Å². The number of primary sulfonamides is 1. The zero-order valence-corrected chi connectivity index (χ0v) is 14.8. The van der Waals surface area contributed by atoms with E-state index in [1.54, 1.807) is 24.4 Å². The van der Waals surface area contributed by atoms with E-state index in [2.05, 4.69) is 15.3 Å². The van der Waals surface area contributed by atoms with Crippen LogP contribution in [-0.2, 0) is 10.0 Å². The fourth-order valence-electron chi connectivity index (χ4n) is 2.15. The Bertz CT molecular complexity index is 1040. The summed E-state index contributed by atoms with van der Waals surface area (Å²) >= 11 is 1.16. The first-order chi connectivity index (χ1) is 11.8. The Morgan fingerprint density at radius 3 is 2.72 bits per heavy atom. The third-order valence-corrected chi connectivity index (χ3v) is 5.19. The van der Waals surface area contributed by atoms with Crippen molar-refractivity contribution in [3.05, 3.63) is 64.9 Å². The summed E-state index contributed by atoms with van der Waals surface area (Å²) in [4.78, 5) is 21.2. The van der Waals surface area contributed by atoms with Gasteiger partial charge in [0.25, 0.3) is 0 Å². The highest BCUT2D eigenvalue weighted by atomic mass is 32.2. The zero-order chi connectivity index (χ0) is 18.0. The number of carbonyl (C=O) groups excluding carboxylic acids is 1. The summed E-state index contributed by atoms with van der Waals surface area (Å²) in [5.74, 6) is -0.207. The molecule has 9 heteroatoms. The van der Waals surface area contributed by atoms with E-state index in [1.165, 1.54) is 18.3 Å². The van der Waals surface area contributed by atoms with Gasteiger partial charge in [-0.05, 0) is 36.8 Å². The van der Waals surface area contributed by atoms with E-state index >= 15 is 0 Å². The topological polar surface area (TPSA) is 115 Å².